The number of rotatable bonds is 5. The molecule has 10 aromatic rings. The smallest absolute Gasteiger partial charge is 0.160 e. The summed E-state index contributed by atoms with van der Waals surface area (Å²) in [5.74, 6) is 0.705. The highest BCUT2D eigenvalue weighted by Crippen LogP contribution is 2.38. The first-order valence-electron chi connectivity index (χ1n) is 17.6. The Labute approximate surface area is 301 Å². The first-order valence-corrected chi connectivity index (χ1v) is 17.6. The largest absolute Gasteiger partial charge is 0.248 e. The topological polar surface area (TPSA) is 38.7 Å². The molecular weight excluding hydrogens is 631 g/mol. The second-order valence-corrected chi connectivity index (χ2v) is 13.2. The van der Waals surface area contributed by atoms with Crippen LogP contribution in [0.2, 0.25) is 0 Å². The van der Waals surface area contributed by atoms with Gasteiger partial charge in [0, 0.05) is 33.0 Å². The molecule has 0 amide bonds. The van der Waals surface area contributed by atoms with Gasteiger partial charge in [-0.05, 0) is 68.4 Å². The predicted molar refractivity (Wildman–Crippen MR) is 217 cm³/mol. The third kappa shape index (κ3) is 5.28. The van der Waals surface area contributed by atoms with Gasteiger partial charge in [0.05, 0.1) is 22.6 Å². The van der Waals surface area contributed by atoms with Crippen molar-refractivity contribution in [1.29, 1.82) is 0 Å². The zero-order chi connectivity index (χ0) is 34.4. The average molecular weight is 662 g/mol. The summed E-state index contributed by atoms with van der Waals surface area (Å²) in [6.07, 6.45) is 0. The molecule has 0 radical (unpaired) electrons. The summed E-state index contributed by atoms with van der Waals surface area (Å²) in [5.41, 5.74) is 10.2. The summed E-state index contributed by atoms with van der Waals surface area (Å²) in [4.78, 5) is 15.8. The Balaban J connectivity index is 1.22. The molecular formula is C49H31N3. The third-order valence-electron chi connectivity index (χ3n) is 10.0. The summed E-state index contributed by atoms with van der Waals surface area (Å²) in [6, 6.07) is 66.3. The number of benzene rings is 8. The normalized spacial score (nSPS) is 11.5. The Bertz CT molecular complexity index is 2950. The standard InChI is InChI=1S/C49H31N3/c1-3-14-35(15-4-1)45-30-40(42-21-11-19-33-13-9-10-20-41(33)42)31-46(50-45)38-24-23-34-26-27-43-47(39-25-22-32-12-7-8-18-37(32)28-39)51-49(36-16-5-2-6-17-36)52-48(43)44(34)29-38/h1-31H. The monoisotopic (exact) mass is 661 g/mol. The fourth-order valence-corrected chi connectivity index (χ4v) is 7.41. The maximum Gasteiger partial charge on any atom is 0.160 e. The van der Waals surface area contributed by atoms with Crippen molar-refractivity contribution in [2.45, 2.75) is 0 Å². The molecule has 0 unspecified atom stereocenters. The van der Waals surface area contributed by atoms with E-state index in [0.717, 1.165) is 66.6 Å². The number of pyridine rings is 1. The molecule has 0 aliphatic carbocycles. The fraction of sp³-hybridized carbons (Fsp3) is 0. The Morgan fingerprint density at radius 3 is 1.73 bits per heavy atom. The maximum atomic E-state index is 5.29. The lowest BCUT2D eigenvalue weighted by atomic mass is 9.94. The van der Waals surface area contributed by atoms with Crippen molar-refractivity contribution in [3.63, 3.8) is 0 Å². The van der Waals surface area contributed by atoms with Gasteiger partial charge in [0.25, 0.3) is 0 Å². The zero-order valence-electron chi connectivity index (χ0n) is 28.2. The first-order chi connectivity index (χ1) is 25.7. The number of nitrogens with zero attached hydrogens (tertiary/aromatic N) is 3. The van der Waals surface area contributed by atoms with Crippen molar-refractivity contribution in [3.05, 3.63) is 188 Å². The van der Waals surface area contributed by atoms with E-state index >= 15 is 0 Å². The minimum Gasteiger partial charge on any atom is -0.248 e. The van der Waals surface area contributed by atoms with Gasteiger partial charge in [-0.3, -0.25) is 0 Å². The van der Waals surface area contributed by atoms with E-state index in [4.69, 9.17) is 15.0 Å². The minimum atomic E-state index is 0.705. The van der Waals surface area contributed by atoms with Crippen LogP contribution >= 0.6 is 0 Å². The Morgan fingerprint density at radius 2 is 0.904 bits per heavy atom. The van der Waals surface area contributed by atoms with Gasteiger partial charge in [-0.25, -0.2) is 15.0 Å². The molecule has 242 valence electrons. The van der Waals surface area contributed by atoms with Crippen molar-refractivity contribution in [3.8, 4) is 56.3 Å². The zero-order valence-corrected chi connectivity index (χ0v) is 28.2. The van der Waals surface area contributed by atoms with Crippen molar-refractivity contribution < 1.29 is 0 Å². The summed E-state index contributed by atoms with van der Waals surface area (Å²) in [5, 5.41) is 8.02. The molecule has 2 heterocycles. The van der Waals surface area contributed by atoms with Crippen LogP contribution in [0.4, 0.5) is 0 Å². The lowest BCUT2D eigenvalue weighted by Gasteiger charge is -2.14. The Hall–Kier alpha value is -6.97. The summed E-state index contributed by atoms with van der Waals surface area (Å²) >= 11 is 0. The van der Waals surface area contributed by atoms with Gasteiger partial charge in [-0.1, -0.05) is 158 Å². The Kier molecular flexibility index (Phi) is 7.14. The van der Waals surface area contributed by atoms with Crippen LogP contribution in [0.5, 0.6) is 0 Å². The van der Waals surface area contributed by atoms with Crippen molar-refractivity contribution >= 4 is 43.2 Å². The van der Waals surface area contributed by atoms with Gasteiger partial charge < -0.3 is 0 Å². The molecule has 0 fully saturated rings. The number of hydrogen-bond acceptors (Lipinski definition) is 3. The Morgan fingerprint density at radius 1 is 0.288 bits per heavy atom. The van der Waals surface area contributed by atoms with Crippen LogP contribution in [0.1, 0.15) is 0 Å². The highest BCUT2D eigenvalue weighted by Gasteiger charge is 2.16. The molecule has 8 aromatic carbocycles. The SMILES string of the molecule is c1ccc(-c2cc(-c3cccc4ccccc34)cc(-c3ccc4ccc5c(-c6ccc7ccccc7c6)nc(-c6ccccc6)nc5c4c3)n2)cc1. The van der Waals surface area contributed by atoms with Crippen LogP contribution < -0.4 is 0 Å². The quantitative estimate of drug-likeness (QED) is 0.172. The van der Waals surface area contributed by atoms with Crippen LogP contribution in [0.15, 0.2) is 188 Å². The molecule has 0 aliphatic heterocycles. The molecule has 3 nitrogen and oxygen atoms in total. The molecule has 0 aliphatic rings. The summed E-state index contributed by atoms with van der Waals surface area (Å²) in [6.45, 7) is 0. The lowest BCUT2D eigenvalue weighted by molar-refractivity contribution is 1.23. The van der Waals surface area contributed by atoms with Gasteiger partial charge in [-0.2, -0.15) is 0 Å². The maximum absolute atomic E-state index is 5.29. The average Bonchev–Trinajstić information content (AvgIpc) is 3.23. The molecule has 0 saturated heterocycles. The lowest BCUT2D eigenvalue weighted by Crippen LogP contribution is -1.96. The van der Waals surface area contributed by atoms with E-state index in [9.17, 15) is 0 Å². The highest BCUT2D eigenvalue weighted by molar-refractivity contribution is 6.11. The molecule has 0 atom stereocenters. The molecule has 0 saturated carbocycles. The van der Waals surface area contributed by atoms with E-state index < -0.39 is 0 Å². The van der Waals surface area contributed by atoms with Gasteiger partial charge >= 0.3 is 0 Å². The number of fused-ring (bicyclic) bond motifs is 5. The number of hydrogen-bond donors (Lipinski definition) is 0. The first kappa shape index (κ1) is 29.9. The van der Waals surface area contributed by atoms with Crippen LogP contribution in [0, 0.1) is 0 Å². The van der Waals surface area contributed by atoms with E-state index in [1.54, 1.807) is 0 Å². The third-order valence-corrected chi connectivity index (χ3v) is 10.0. The molecule has 0 bridgehead atoms. The van der Waals surface area contributed by atoms with Crippen molar-refractivity contribution in [2.24, 2.45) is 0 Å². The molecule has 10 rings (SSSR count). The van der Waals surface area contributed by atoms with E-state index in [2.05, 4.69) is 164 Å². The minimum absolute atomic E-state index is 0.705. The molecule has 2 aromatic heterocycles. The van der Waals surface area contributed by atoms with Gasteiger partial charge in [0.1, 0.15) is 0 Å². The molecule has 0 N–H and O–H groups in total. The van der Waals surface area contributed by atoms with Crippen LogP contribution in [0.3, 0.4) is 0 Å². The van der Waals surface area contributed by atoms with Crippen LogP contribution in [0.25, 0.3) is 99.5 Å². The van der Waals surface area contributed by atoms with Crippen LogP contribution in [-0.4, -0.2) is 15.0 Å². The van der Waals surface area contributed by atoms with E-state index in [0.29, 0.717) is 5.82 Å². The van der Waals surface area contributed by atoms with Gasteiger partial charge in [-0.15, -0.1) is 0 Å². The van der Waals surface area contributed by atoms with Crippen LogP contribution in [-0.2, 0) is 0 Å². The number of aromatic nitrogens is 3. The summed E-state index contributed by atoms with van der Waals surface area (Å²) < 4.78 is 0. The highest BCUT2D eigenvalue weighted by atomic mass is 14.9. The molecule has 0 spiro atoms. The van der Waals surface area contributed by atoms with E-state index in [1.165, 1.54) is 27.1 Å². The second kappa shape index (κ2) is 12.4. The second-order valence-electron chi connectivity index (χ2n) is 13.2. The van der Waals surface area contributed by atoms with Crippen molar-refractivity contribution in [2.75, 3.05) is 0 Å². The fourth-order valence-electron chi connectivity index (χ4n) is 7.41. The summed E-state index contributed by atoms with van der Waals surface area (Å²) in [7, 11) is 0. The molecule has 52 heavy (non-hydrogen) atoms. The van der Waals surface area contributed by atoms with Gasteiger partial charge in [0.2, 0.25) is 0 Å². The van der Waals surface area contributed by atoms with E-state index in [1.807, 2.05) is 24.3 Å². The molecule has 3 heteroatoms. The predicted octanol–water partition coefficient (Wildman–Crippen LogP) is 12.8. The van der Waals surface area contributed by atoms with Gasteiger partial charge in [0.15, 0.2) is 5.82 Å². The van der Waals surface area contributed by atoms with E-state index in [-0.39, 0.29) is 0 Å². The van der Waals surface area contributed by atoms with Crippen molar-refractivity contribution in [1.82, 2.24) is 15.0 Å².